The van der Waals surface area contributed by atoms with Gasteiger partial charge in [0.15, 0.2) is 0 Å². The van der Waals surface area contributed by atoms with Crippen LogP contribution in [0.15, 0.2) is 36.5 Å². The summed E-state index contributed by atoms with van der Waals surface area (Å²) in [5.41, 5.74) is 0. The van der Waals surface area contributed by atoms with Gasteiger partial charge < -0.3 is 20.3 Å². The van der Waals surface area contributed by atoms with Gasteiger partial charge in [-0.25, -0.2) is 0 Å². The summed E-state index contributed by atoms with van der Waals surface area (Å²) >= 11 is 0. The molecule has 0 spiro atoms. The number of ether oxygens (including phenoxy) is 1. The van der Waals surface area contributed by atoms with Gasteiger partial charge in [-0.3, -0.25) is 9.59 Å². The minimum atomic E-state index is -0.840. The molecular formula is C81H155NO5. The molecule has 87 heavy (non-hydrogen) atoms. The Kier molecular flexibility index (Phi) is 74.8. The van der Waals surface area contributed by atoms with Gasteiger partial charge in [0.25, 0.3) is 0 Å². The Bertz CT molecular complexity index is 1410. The number of unbranched alkanes of at least 4 members (excludes halogenated alkanes) is 60. The molecule has 0 aromatic carbocycles. The first kappa shape index (κ1) is 85.1. The highest BCUT2D eigenvalue weighted by Crippen LogP contribution is 2.20. The van der Waals surface area contributed by atoms with Gasteiger partial charge in [-0.05, 0) is 64.2 Å². The Hall–Kier alpha value is -1.92. The lowest BCUT2D eigenvalue weighted by molar-refractivity contribution is -0.143. The molecule has 0 heterocycles. The van der Waals surface area contributed by atoms with Crippen molar-refractivity contribution in [1.82, 2.24) is 5.32 Å². The third kappa shape index (κ3) is 73.0. The molecule has 0 aromatic rings. The lowest BCUT2D eigenvalue weighted by Gasteiger charge is -2.20. The highest BCUT2D eigenvalue weighted by Gasteiger charge is 2.18. The maximum absolute atomic E-state index is 12.5. The van der Waals surface area contributed by atoms with E-state index in [1.807, 2.05) is 6.08 Å². The average molecular weight is 1220 g/mol. The van der Waals surface area contributed by atoms with Crippen molar-refractivity contribution in [2.75, 3.05) is 13.2 Å². The van der Waals surface area contributed by atoms with Crippen LogP contribution < -0.4 is 5.32 Å². The van der Waals surface area contributed by atoms with Gasteiger partial charge in [-0.2, -0.15) is 0 Å². The number of aliphatic hydroxyl groups is 2. The second kappa shape index (κ2) is 76.5. The van der Waals surface area contributed by atoms with Gasteiger partial charge in [0, 0.05) is 12.8 Å². The van der Waals surface area contributed by atoms with E-state index in [9.17, 15) is 19.8 Å². The van der Waals surface area contributed by atoms with E-state index >= 15 is 0 Å². The zero-order chi connectivity index (χ0) is 62.8. The number of nitrogens with one attached hydrogen (secondary N) is 1. The molecule has 0 saturated carbocycles. The van der Waals surface area contributed by atoms with Crippen LogP contribution in [0.1, 0.15) is 444 Å². The summed E-state index contributed by atoms with van der Waals surface area (Å²) in [5.74, 6) is -0.0431. The van der Waals surface area contributed by atoms with Crippen LogP contribution in [0.5, 0.6) is 0 Å². The van der Waals surface area contributed by atoms with E-state index in [1.165, 1.54) is 366 Å². The fourth-order valence-electron chi connectivity index (χ4n) is 12.6. The second-order valence-electron chi connectivity index (χ2n) is 27.4. The van der Waals surface area contributed by atoms with Crippen LogP contribution in [0.25, 0.3) is 0 Å². The molecule has 0 aliphatic heterocycles. The van der Waals surface area contributed by atoms with Gasteiger partial charge in [0.2, 0.25) is 5.91 Å². The Morgan fingerprint density at radius 3 is 0.897 bits per heavy atom. The molecule has 1 amide bonds. The maximum atomic E-state index is 12.5. The van der Waals surface area contributed by atoms with Crippen molar-refractivity contribution in [2.24, 2.45) is 0 Å². The minimum Gasteiger partial charge on any atom is -0.466 e. The third-order valence-corrected chi connectivity index (χ3v) is 18.7. The van der Waals surface area contributed by atoms with Crippen LogP contribution in [-0.2, 0) is 14.3 Å². The van der Waals surface area contributed by atoms with Crippen molar-refractivity contribution in [3.63, 3.8) is 0 Å². The monoisotopic (exact) mass is 1220 g/mol. The number of amides is 1. The summed E-state index contributed by atoms with van der Waals surface area (Å²) in [4.78, 5) is 24.6. The molecule has 0 bridgehead atoms. The Balaban J connectivity index is 3.31. The molecule has 0 aliphatic carbocycles. The van der Waals surface area contributed by atoms with Gasteiger partial charge in [-0.15, -0.1) is 0 Å². The summed E-state index contributed by atoms with van der Waals surface area (Å²) in [6.45, 7) is 4.92. The maximum Gasteiger partial charge on any atom is 0.305 e. The van der Waals surface area contributed by atoms with E-state index in [1.54, 1.807) is 6.08 Å². The Morgan fingerprint density at radius 2 is 0.575 bits per heavy atom. The number of rotatable bonds is 75. The summed E-state index contributed by atoms with van der Waals surface area (Å²) in [6.07, 6.45) is 99.9. The van der Waals surface area contributed by atoms with Gasteiger partial charge in [-0.1, -0.05) is 403 Å². The van der Waals surface area contributed by atoms with Crippen molar-refractivity contribution in [1.29, 1.82) is 0 Å². The van der Waals surface area contributed by atoms with Crippen molar-refractivity contribution in [3.05, 3.63) is 36.5 Å². The van der Waals surface area contributed by atoms with E-state index in [2.05, 4.69) is 43.5 Å². The molecule has 514 valence electrons. The van der Waals surface area contributed by atoms with Crippen molar-refractivity contribution in [2.45, 2.75) is 456 Å². The summed E-state index contributed by atoms with van der Waals surface area (Å²) in [6, 6.07) is -0.623. The predicted molar refractivity (Wildman–Crippen MR) is 384 cm³/mol. The van der Waals surface area contributed by atoms with Crippen LogP contribution in [0.3, 0.4) is 0 Å². The predicted octanol–water partition coefficient (Wildman–Crippen LogP) is 26.2. The molecule has 0 fully saturated rings. The average Bonchev–Trinajstić information content (AvgIpc) is 3.52. The minimum absolute atomic E-state index is 0.0160. The molecule has 0 aliphatic rings. The first-order valence-corrected chi connectivity index (χ1v) is 39.8. The molecule has 2 atom stereocenters. The molecule has 6 nitrogen and oxygen atoms in total. The normalized spacial score (nSPS) is 12.6. The first-order chi connectivity index (χ1) is 43.0. The Morgan fingerprint density at radius 1 is 0.322 bits per heavy atom. The van der Waals surface area contributed by atoms with E-state index in [4.69, 9.17) is 4.74 Å². The molecular weight excluding hydrogens is 1070 g/mol. The van der Waals surface area contributed by atoms with Gasteiger partial charge in [0.05, 0.1) is 25.4 Å². The SMILES string of the molecule is CCCCC/C=C\C/C=C\CCCCCCCCCC(=O)OCCCCCCCCCCCCCCCCCCCCCCCCCCCCCCCCCCCCCCCC(=O)NC(CO)C(O)/C=C/CCCCCCCCCCCCCCCC. The van der Waals surface area contributed by atoms with Gasteiger partial charge >= 0.3 is 5.97 Å². The number of carbonyl (C=O) groups excluding carboxylic acids is 2. The number of allylic oxidation sites excluding steroid dienone is 5. The number of esters is 1. The quantitative estimate of drug-likeness (QED) is 0.0320. The van der Waals surface area contributed by atoms with Crippen molar-refractivity contribution >= 4 is 11.9 Å². The van der Waals surface area contributed by atoms with Crippen molar-refractivity contribution in [3.8, 4) is 0 Å². The number of carbonyl (C=O) groups is 2. The molecule has 0 radical (unpaired) electrons. The van der Waals surface area contributed by atoms with Crippen LogP contribution in [0.2, 0.25) is 0 Å². The fraction of sp³-hybridized carbons (Fsp3) is 0.901. The lowest BCUT2D eigenvalue weighted by Crippen LogP contribution is -2.45. The molecule has 0 rings (SSSR count). The number of aliphatic hydroxyl groups excluding tert-OH is 2. The van der Waals surface area contributed by atoms with E-state index in [0.29, 0.717) is 19.4 Å². The zero-order valence-electron chi connectivity index (χ0n) is 59.0. The van der Waals surface area contributed by atoms with Crippen LogP contribution in [0, 0.1) is 0 Å². The van der Waals surface area contributed by atoms with Crippen molar-refractivity contribution < 1.29 is 24.5 Å². The van der Waals surface area contributed by atoms with E-state index < -0.39 is 12.1 Å². The highest BCUT2D eigenvalue weighted by atomic mass is 16.5. The third-order valence-electron chi connectivity index (χ3n) is 18.7. The largest absolute Gasteiger partial charge is 0.466 e. The standard InChI is InChI=1S/C81H155NO5/c1-3-5-7-9-11-13-15-17-19-42-47-51-55-59-63-67-71-75-81(86)87-76-72-68-64-60-56-52-48-44-41-39-37-35-33-31-29-27-25-23-21-22-24-26-28-30-32-34-36-38-40-43-46-50-54-58-62-66-70-74-80(85)82-78(77-83)79(84)73-69-65-61-57-53-49-45-20-18-16-14-12-10-8-6-4-2/h11,13,17,19,69,73,78-79,83-84H,3-10,12,14-16,18,20-68,70-72,74-77H2,1-2H3,(H,82,85)/b13-11-,19-17-,73-69+. The first-order valence-electron chi connectivity index (χ1n) is 39.8. The summed E-state index contributed by atoms with van der Waals surface area (Å²) in [5, 5.41) is 23.2. The number of hydrogen-bond acceptors (Lipinski definition) is 5. The Labute approximate surface area is 544 Å². The zero-order valence-corrected chi connectivity index (χ0v) is 59.0. The highest BCUT2D eigenvalue weighted by molar-refractivity contribution is 5.76. The lowest BCUT2D eigenvalue weighted by atomic mass is 10.0. The van der Waals surface area contributed by atoms with Crippen LogP contribution in [-0.4, -0.2) is 47.4 Å². The molecule has 3 N–H and O–H groups in total. The van der Waals surface area contributed by atoms with E-state index in [-0.39, 0.29) is 18.5 Å². The van der Waals surface area contributed by atoms with Crippen LogP contribution >= 0.6 is 0 Å². The van der Waals surface area contributed by atoms with Gasteiger partial charge in [0.1, 0.15) is 0 Å². The smallest absolute Gasteiger partial charge is 0.305 e. The molecule has 0 saturated heterocycles. The molecule has 2 unspecified atom stereocenters. The fourth-order valence-corrected chi connectivity index (χ4v) is 12.6. The summed E-state index contributed by atoms with van der Waals surface area (Å²) < 4.78 is 5.51. The summed E-state index contributed by atoms with van der Waals surface area (Å²) in [7, 11) is 0. The number of hydrogen-bond donors (Lipinski definition) is 3. The topological polar surface area (TPSA) is 95.9 Å². The van der Waals surface area contributed by atoms with Crippen LogP contribution in [0.4, 0.5) is 0 Å². The second-order valence-corrected chi connectivity index (χ2v) is 27.4. The molecule has 0 aromatic heterocycles. The molecule has 6 heteroatoms. The van der Waals surface area contributed by atoms with E-state index in [0.717, 1.165) is 51.4 Å².